The van der Waals surface area contributed by atoms with E-state index in [-0.39, 0.29) is 28.2 Å². The number of carbonyl (C=O) groups is 3. The maximum Gasteiger partial charge on any atom is 0.273 e. The predicted molar refractivity (Wildman–Crippen MR) is 144 cm³/mol. The minimum absolute atomic E-state index is 0.0453. The molecule has 2 heterocycles. The van der Waals surface area contributed by atoms with Gasteiger partial charge in [0.15, 0.2) is 5.69 Å². The number of nitrogens with one attached hydrogen (secondary N) is 2. The van der Waals surface area contributed by atoms with Gasteiger partial charge in [0.1, 0.15) is 10.9 Å². The molecular weight excluding hydrogens is 488 g/mol. The van der Waals surface area contributed by atoms with Gasteiger partial charge in [0.05, 0.1) is 5.69 Å². The number of nitrogens with two attached hydrogens (primary N) is 2. The first kappa shape index (κ1) is 24.5. The van der Waals surface area contributed by atoms with Gasteiger partial charge in [-0.25, -0.2) is 0 Å². The minimum atomic E-state index is -1.01. The van der Waals surface area contributed by atoms with Crippen molar-refractivity contribution in [3.63, 3.8) is 0 Å². The van der Waals surface area contributed by atoms with E-state index >= 15 is 0 Å². The van der Waals surface area contributed by atoms with Crippen LogP contribution in [0.2, 0.25) is 0 Å². The van der Waals surface area contributed by atoms with Gasteiger partial charge in [-0.05, 0) is 49.0 Å². The second-order valence-electron chi connectivity index (χ2n) is 9.28. The maximum atomic E-state index is 14.2. The zero-order valence-corrected chi connectivity index (χ0v) is 21.2. The molecule has 190 valence electrons. The minimum Gasteiger partial charge on any atom is -0.395 e. The molecular formula is C27H28N6O3S. The number of aryl methyl sites for hydroxylation is 1. The van der Waals surface area contributed by atoms with Crippen molar-refractivity contribution in [1.82, 2.24) is 14.7 Å². The fourth-order valence-corrected chi connectivity index (χ4v) is 5.75. The molecule has 0 aliphatic heterocycles. The average molecular weight is 517 g/mol. The molecule has 10 heteroatoms. The smallest absolute Gasteiger partial charge is 0.273 e. The van der Waals surface area contributed by atoms with Gasteiger partial charge in [-0.1, -0.05) is 49.2 Å². The van der Waals surface area contributed by atoms with E-state index in [1.54, 1.807) is 12.3 Å². The van der Waals surface area contributed by atoms with E-state index in [1.807, 2.05) is 49.4 Å². The number of nitrogens with zero attached hydrogens (tertiary/aromatic N) is 2. The van der Waals surface area contributed by atoms with Crippen molar-refractivity contribution in [1.29, 1.82) is 0 Å². The van der Waals surface area contributed by atoms with E-state index in [1.165, 1.54) is 4.90 Å². The standard InChI is InChI=1S/C27H28N6O3S/c1-15-8-2-7-13-20(15)33(27(36)24-21(28)22(25(29)34)32-37-24)23(26(35)31-16-9-3-4-10-16)18-14-30-19-12-6-5-11-17(18)19/h2,5-8,11-14,16,23,30H,3-4,9-10,28H2,1H3,(H2,29,34)(H,31,35)/t23-/m0/s1. The second kappa shape index (κ2) is 10.1. The molecule has 0 spiro atoms. The Bertz CT molecular complexity index is 1490. The molecule has 1 fully saturated rings. The number of aromatic amines is 1. The van der Waals surface area contributed by atoms with E-state index in [0.29, 0.717) is 11.3 Å². The van der Waals surface area contributed by atoms with Crippen LogP contribution in [0.25, 0.3) is 10.9 Å². The van der Waals surface area contributed by atoms with Crippen LogP contribution in [-0.4, -0.2) is 33.1 Å². The summed E-state index contributed by atoms with van der Waals surface area (Å²) in [4.78, 5) is 44.9. The molecule has 0 saturated heterocycles. The molecule has 1 aliphatic carbocycles. The van der Waals surface area contributed by atoms with Gasteiger partial charge >= 0.3 is 0 Å². The van der Waals surface area contributed by atoms with Crippen molar-refractivity contribution >= 4 is 51.5 Å². The molecule has 9 nitrogen and oxygen atoms in total. The zero-order valence-electron chi connectivity index (χ0n) is 20.4. The Hall–Kier alpha value is -4.18. The predicted octanol–water partition coefficient (Wildman–Crippen LogP) is 4.06. The zero-order chi connectivity index (χ0) is 26.1. The maximum absolute atomic E-state index is 14.2. The summed E-state index contributed by atoms with van der Waals surface area (Å²) in [7, 11) is 0. The molecule has 2 aromatic carbocycles. The first-order valence-electron chi connectivity index (χ1n) is 12.2. The number of rotatable bonds is 7. The number of carbonyl (C=O) groups excluding carboxylic acids is 3. The Morgan fingerprint density at radius 3 is 2.51 bits per heavy atom. The summed E-state index contributed by atoms with van der Waals surface area (Å²) < 4.78 is 4.02. The second-order valence-corrected chi connectivity index (χ2v) is 10.1. The lowest BCUT2D eigenvalue weighted by molar-refractivity contribution is -0.123. The van der Waals surface area contributed by atoms with Crippen LogP contribution < -0.4 is 21.7 Å². The normalized spacial score (nSPS) is 14.5. The SMILES string of the molecule is Cc1ccccc1N(C(=O)c1snc(C(N)=O)c1N)[C@H](C(=O)NC1CCCC1)c1c[nH]c2ccccc12. The third kappa shape index (κ3) is 4.55. The highest BCUT2D eigenvalue weighted by Gasteiger charge is 2.38. The first-order valence-corrected chi connectivity index (χ1v) is 12.9. The van der Waals surface area contributed by atoms with Crippen molar-refractivity contribution in [2.24, 2.45) is 5.73 Å². The van der Waals surface area contributed by atoms with E-state index in [0.717, 1.165) is 53.7 Å². The third-order valence-corrected chi connectivity index (χ3v) is 7.72. The van der Waals surface area contributed by atoms with Crippen LogP contribution in [0.3, 0.4) is 0 Å². The molecule has 6 N–H and O–H groups in total. The van der Waals surface area contributed by atoms with Gasteiger partial charge in [0.2, 0.25) is 5.91 Å². The molecule has 4 aromatic rings. The molecule has 2 aromatic heterocycles. The lowest BCUT2D eigenvalue weighted by atomic mass is 10.00. The molecule has 0 unspecified atom stereocenters. The van der Waals surface area contributed by atoms with Crippen LogP contribution in [0.15, 0.2) is 54.7 Å². The van der Waals surface area contributed by atoms with Crippen LogP contribution in [-0.2, 0) is 4.79 Å². The highest BCUT2D eigenvalue weighted by molar-refractivity contribution is 7.09. The summed E-state index contributed by atoms with van der Waals surface area (Å²) in [6.45, 7) is 1.88. The Morgan fingerprint density at radius 2 is 1.81 bits per heavy atom. The van der Waals surface area contributed by atoms with Gasteiger partial charge in [-0.15, -0.1) is 0 Å². The number of benzene rings is 2. The van der Waals surface area contributed by atoms with Gasteiger partial charge in [0.25, 0.3) is 11.8 Å². The van der Waals surface area contributed by atoms with Crippen LogP contribution in [0.1, 0.15) is 63.0 Å². The number of H-pyrrole nitrogens is 1. The number of amides is 3. The number of anilines is 2. The molecule has 1 atom stereocenters. The highest BCUT2D eigenvalue weighted by atomic mass is 32.1. The Kier molecular flexibility index (Phi) is 6.66. The van der Waals surface area contributed by atoms with Crippen molar-refractivity contribution in [2.75, 3.05) is 10.6 Å². The van der Waals surface area contributed by atoms with Crippen molar-refractivity contribution in [2.45, 2.75) is 44.7 Å². The number of primary amides is 1. The third-order valence-electron chi connectivity index (χ3n) is 6.87. The Balaban J connectivity index is 1.70. The number of hydrogen-bond acceptors (Lipinski definition) is 6. The summed E-state index contributed by atoms with van der Waals surface area (Å²) in [6, 6.07) is 14.0. The lowest BCUT2D eigenvalue weighted by Gasteiger charge is -2.32. The van der Waals surface area contributed by atoms with Gasteiger partial charge in [-0.2, -0.15) is 4.37 Å². The summed E-state index contributed by atoms with van der Waals surface area (Å²) >= 11 is 0.798. The van der Waals surface area contributed by atoms with Crippen LogP contribution in [0.4, 0.5) is 11.4 Å². The average Bonchev–Trinajstić information content (AvgIpc) is 3.63. The summed E-state index contributed by atoms with van der Waals surface area (Å²) in [5.41, 5.74) is 14.2. The number of fused-ring (bicyclic) bond motifs is 1. The number of nitrogen functional groups attached to an aromatic ring is 1. The van der Waals surface area contributed by atoms with Gasteiger partial charge < -0.3 is 21.8 Å². The van der Waals surface area contributed by atoms with Crippen LogP contribution >= 0.6 is 11.5 Å². The van der Waals surface area contributed by atoms with Crippen LogP contribution in [0.5, 0.6) is 0 Å². The fraction of sp³-hybridized carbons (Fsp3) is 0.259. The molecule has 1 saturated carbocycles. The van der Waals surface area contributed by atoms with Crippen molar-refractivity contribution in [3.05, 3.63) is 76.4 Å². The lowest BCUT2D eigenvalue weighted by Crippen LogP contribution is -2.46. The van der Waals surface area contributed by atoms with E-state index < -0.39 is 17.9 Å². The van der Waals surface area contributed by atoms with E-state index in [2.05, 4.69) is 14.7 Å². The number of para-hydroxylation sites is 2. The molecule has 3 amide bonds. The highest BCUT2D eigenvalue weighted by Crippen LogP contribution is 2.37. The van der Waals surface area contributed by atoms with Crippen molar-refractivity contribution < 1.29 is 14.4 Å². The molecule has 5 rings (SSSR count). The molecule has 37 heavy (non-hydrogen) atoms. The summed E-state index contributed by atoms with van der Waals surface area (Å²) in [5.74, 6) is -1.64. The largest absolute Gasteiger partial charge is 0.395 e. The quantitative estimate of drug-likeness (QED) is 0.292. The first-order chi connectivity index (χ1) is 17.9. The monoisotopic (exact) mass is 516 g/mol. The van der Waals surface area contributed by atoms with E-state index in [4.69, 9.17) is 11.5 Å². The number of aromatic nitrogens is 2. The molecule has 1 aliphatic rings. The Morgan fingerprint density at radius 1 is 1.11 bits per heavy atom. The Labute approximate surface area is 218 Å². The van der Waals surface area contributed by atoms with E-state index in [9.17, 15) is 14.4 Å². The topological polar surface area (TPSA) is 147 Å². The molecule has 0 radical (unpaired) electrons. The summed E-state index contributed by atoms with van der Waals surface area (Å²) in [5, 5.41) is 4.01. The number of hydrogen-bond donors (Lipinski definition) is 4. The fourth-order valence-electron chi connectivity index (χ4n) is 5.01. The van der Waals surface area contributed by atoms with Crippen molar-refractivity contribution in [3.8, 4) is 0 Å². The van der Waals surface area contributed by atoms with Gasteiger partial charge in [0, 0.05) is 34.4 Å². The summed E-state index contributed by atoms with van der Waals surface area (Å²) in [6.07, 6.45) is 5.67. The molecule has 0 bridgehead atoms. The van der Waals surface area contributed by atoms with Gasteiger partial charge in [-0.3, -0.25) is 19.3 Å². The van der Waals surface area contributed by atoms with Crippen LogP contribution in [0, 0.1) is 6.92 Å².